The van der Waals surface area contributed by atoms with Gasteiger partial charge in [0.2, 0.25) is 0 Å². The summed E-state index contributed by atoms with van der Waals surface area (Å²) in [6.07, 6.45) is 12.0. The molecule has 2 atom stereocenters. The molecule has 1 fully saturated rings. The third kappa shape index (κ3) is 3.96. The Morgan fingerprint density at radius 3 is 3.03 bits per heavy atom. The molecule has 1 amide bonds. The molecule has 2 unspecified atom stereocenters. The summed E-state index contributed by atoms with van der Waals surface area (Å²) in [4.78, 5) is 17.3. The fourth-order valence-corrected chi connectivity index (χ4v) is 5.22. The monoisotopic (exact) mass is 453 g/mol. The van der Waals surface area contributed by atoms with Crippen LogP contribution in [0.4, 0.5) is 0 Å². The number of hydrogen-bond donors (Lipinski definition) is 2. The second-order valence-electron chi connectivity index (χ2n) is 9.37. The van der Waals surface area contributed by atoms with Crippen LogP contribution >= 0.6 is 0 Å². The number of imidazole rings is 1. The fraction of sp³-hybridized carbons (Fsp3) is 0.308. The summed E-state index contributed by atoms with van der Waals surface area (Å²) < 4.78 is 3.94. The van der Waals surface area contributed by atoms with Gasteiger partial charge in [-0.3, -0.25) is 14.6 Å². The number of fused-ring (bicyclic) bond motifs is 2. The third-order valence-corrected chi connectivity index (χ3v) is 6.86. The Bertz CT molecular complexity index is 1460. The smallest absolute Gasteiger partial charge is 0.251 e. The summed E-state index contributed by atoms with van der Waals surface area (Å²) in [6, 6.07) is 12.1. The molecule has 172 valence electrons. The van der Waals surface area contributed by atoms with Crippen molar-refractivity contribution in [1.29, 1.82) is 0 Å². The first-order valence-corrected chi connectivity index (χ1v) is 11.8. The molecule has 0 saturated heterocycles. The van der Waals surface area contributed by atoms with E-state index < -0.39 is 0 Å². The van der Waals surface area contributed by atoms with Gasteiger partial charge in [0.1, 0.15) is 0 Å². The zero-order valence-electron chi connectivity index (χ0n) is 19.1. The molecule has 5 aromatic rings. The second-order valence-corrected chi connectivity index (χ2v) is 9.37. The molecule has 1 aliphatic carbocycles. The Morgan fingerprint density at radius 2 is 2.15 bits per heavy atom. The molecule has 0 bridgehead atoms. The van der Waals surface area contributed by atoms with Gasteiger partial charge in [0.25, 0.3) is 5.91 Å². The zero-order chi connectivity index (χ0) is 23.1. The van der Waals surface area contributed by atoms with E-state index in [0.717, 1.165) is 58.9 Å². The SMILES string of the molecule is Cn1cc2cc(-c3n[nH]c4ccc(C(=O)NC5CCCC(Cn6ccnc6)C5)cc34)ccc2n1. The Hall–Kier alpha value is -3.94. The lowest BCUT2D eigenvalue weighted by Gasteiger charge is -2.30. The molecule has 1 saturated carbocycles. The molecule has 2 aromatic carbocycles. The van der Waals surface area contributed by atoms with E-state index in [0.29, 0.717) is 11.5 Å². The van der Waals surface area contributed by atoms with Crippen molar-refractivity contribution in [2.75, 3.05) is 0 Å². The predicted molar refractivity (Wildman–Crippen MR) is 131 cm³/mol. The molecular formula is C26H27N7O. The molecule has 8 nitrogen and oxygen atoms in total. The average molecular weight is 454 g/mol. The Labute approximate surface area is 197 Å². The van der Waals surface area contributed by atoms with E-state index in [4.69, 9.17) is 0 Å². The Morgan fingerprint density at radius 1 is 1.21 bits per heavy atom. The first kappa shape index (κ1) is 20.7. The molecule has 6 rings (SSSR count). The van der Waals surface area contributed by atoms with E-state index in [1.165, 1.54) is 6.42 Å². The van der Waals surface area contributed by atoms with Crippen LogP contribution in [0.5, 0.6) is 0 Å². The van der Waals surface area contributed by atoms with Gasteiger partial charge >= 0.3 is 0 Å². The highest BCUT2D eigenvalue weighted by Crippen LogP contribution is 2.30. The van der Waals surface area contributed by atoms with Gasteiger partial charge < -0.3 is 9.88 Å². The van der Waals surface area contributed by atoms with Crippen LogP contribution in [0.1, 0.15) is 36.0 Å². The van der Waals surface area contributed by atoms with E-state index in [1.807, 2.05) is 67.0 Å². The van der Waals surface area contributed by atoms with Crippen molar-refractivity contribution in [3.63, 3.8) is 0 Å². The maximum Gasteiger partial charge on any atom is 0.251 e. The molecule has 34 heavy (non-hydrogen) atoms. The van der Waals surface area contributed by atoms with Crippen molar-refractivity contribution < 1.29 is 4.79 Å². The Kier molecular flexibility index (Phi) is 5.13. The zero-order valence-corrected chi connectivity index (χ0v) is 19.1. The lowest BCUT2D eigenvalue weighted by Crippen LogP contribution is -2.39. The van der Waals surface area contributed by atoms with Crippen LogP contribution in [0.2, 0.25) is 0 Å². The van der Waals surface area contributed by atoms with Crippen molar-refractivity contribution in [2.45, 2.75) is 38.3 Å². The number of carbonyl (C=O) groups is 1. The van der Waals surface area contributed by atoms with Gasteiger partial charge in [-0.05, 0) is 55.5 Å². The van der Waals surface area contributed by atoms with Crippen LogP contribution < -0.4 is 5.32 Å². The standard InChI is InChI=1S/C26H27N7O/c1-32-15-20-12-18(5-7-23(20)31-32)25-22-13-19(6-8-24(22)29-30-25)26(34)28-21-4-2-3-17(11-21)14-33-10-9-27-16-33/h5-10,12-13,15-17,21H,2-4,11,14H2,1H3,(H,28,34)(H,29,30). The quantitative estimate of drug-likeness (QED) is 0.415. The van der Waals surface area contributed by atoms with Crippen LogP contribution in [0.15, 0.2) is 61.3 Å². The predicted octanol–water partition coefficient (Wildman–Crippen LogP) is 4.30. The highest BCUT2D eigenvalue weighted by atomic mass is 16.1. The minimum Gasteiger partial charge on any atom is -0.349 e. The van der Waals surface area contributed by atoms with Gasteiger partial charge in [0, 0.05) is 60.1 Å². The second kappa shape index (κ2) is 8.44. The fourth-order valence-electron chi connectivity index (χ4n) is 5.22. The lowest BCUT2D eigenvalue weighted by atomic mass is 9.85. The summed E-state index contributed by atoms with van der Waals surface area (Å²) in [5.74, 6) is 0.531. The number of rotatable bonds is 5. The average Bonchev–Trinajstić information content (AvgIpc) is 3.57. The van der Waals surface area contributed by atoms with Crippen LogP contribution in [0.3, 0.4) is 0 Å². The van der Waals surface area contributed by atoms with Crippen molar-refractivity contribution in [1.82, 2.24) is 34.8 Å². The maximum atomic E-state index is 13.2. The largest absolute Gasteiger partial charge is 0.349 e. The number of aromatic nitrogens is 6. The number of hydrogen-bond acceptors (Lipinski definition) is 4. The maximum absolute atomic E-state index is 13.2. The first-order valence-electron chi connectivity index (χ1n) is 11.8. The summed E-state index contributed by atoms with van der Waals surface area (Å²) >= 11 is 0. The van der Waals surface area contributed by atoms with E-state index in [-0.39, 0.29) is 11.9 Å². The van der Waals surface area contributed by atoms with Crippen molar-refractivity contribution in [3.8, 4) is 11.3 Å². The highest BCUT2D eigenvalue weighted by molar-refractivity contribution is 6.02. The molecule has 2 N–H and O–H groups in total. The van der Waals surface area contributed by atoms with Gasteiger partial charge in [-0.15, -0.1) is 0 Å². The van der Waals surface area contributed by atoms with Crippen molar-refractivity contribution in [3.05, 3.63) is 66.9 Å². The molecule has 3 aromatic heterocycles. The number of nitrogens with zero attached hydrogens (tertiary/aromatic N) is 5. The lowest BCUT2D eigenvalue weighted by molar-refractivity contribution is 0.0917. The molecule has 0 aliphatic heterocycles. The van der Waals surface area contributed by atoms with E-state index in [2.05, 4.69) is 36.2 Å². The van der Waals surface area contributed by atoms with E-state index in [1.54, 1.807) is 0 Å². The van der Waals surface area contributed by atoms with Crippen molar-refractivity contribution >= 4 is 27.7 Å². The van der Waals surface area contributed by atoms with Crippen LogP contribution in [-0.4, -0.2) is 41.5 Å². The molecule has 0 radical (unpaired) electrons. The first-order chi connectivity index (χ1) is 16.6. The normalized spacial score (nSPS) is 18.5. The number of carbonyl (C=O) groups excluding carboxylic acids is 1. The van der Waals surface area contributed by atoms with E-state index in [9.17, 15) is 4.79 Å². The number of benzene rings is 2. The number of nitrogens with one attached hydrogen (secondary N) is 2. The van der Waals surface area contributed by atoms with Gasteiger partial charge in [0.05, 0.1) is 23.1 Å². The molecular weight excluding hydrogens is 426 g/mol. The topological polar surface area (TPSA) is 93.4 Å². The minimum atomic E-state index is -0.0231. The van der Waals surface area contributed by atoms with Crippen molar-refractivity contribution in [2.24, 2.45) is 13.0 Å². The summed E-state index contributed by atoms with van der Waals surface area (Å²) in [7, 11) is 1.92. The number of amides is 1. The molecule has 0 spiro atoms. The summed E-state index contributed by atoms with van der Waals surface area (Å²) in [5.41, 5.74) is 4.36. The summed E-state index contributed by atoms with van der Waals surface area (Å²) in [6.45, 7) is 0.956. The third-order valence-electron chi connectivity index (χ3n) is 6.86. The molecule has 8 heteroatoms. The van der Waals surface area contributed by atoms with Gasteiger partial charge in [-0.2, -0.15) is 10.2 Å². The van der Waals surface area contributed by atoms with Gasteiger partial charge in [0.15, 0.2) is 0 Å². The molecule has 1 aliphatic rings. The Balaban J connectivity index is 1.22. The number of aromatic amines is 1. The van der Waals surface area contributed by atoms with Crippen LogP contribution in [-0.2, 0) is 13.6 Å². The summed E-state index contributed by atoms with van der Waals surface area (Å²) in [5, 5.41) is 17.4. The number of H-pyrrole nitrogens is 1. The molecule has 3 heterocycles. The van der Waals surface area contributed by atoms with Gasteiger partial charge in [-0.25, -0.2) is 4.98 Å². The van der Waals surface area contributed by atoms with E-state index >= 15 is 0 Å². The van der Waals surface area contributed by atoms with Crippen LogP contribution in [0.25, 0.3) is 33.1 Å². The van der Waals surface area contributed by atoms with Gasteiger partial charge in [-0.1, -0.05) is 12.5 Å². The van der Waals surface area contributed by atoms with Crippen LogP contribution in [0, 0.1) is 5.92 Å². The minimum absolute atomic E-state index is 0.0231. The highest BCUT2D eigenvalue weighted by Gasteiger charge is 2.24. The number of aryl methyl sites for hydroxylation is 1.